The highest BCUT2D eigenvalue weighted by Crippen LogP contribution is 2.66. The molecular weight excluding hydrogens is 432 g/mol. The highest BCUT2D eigenvalue weighted by molar-refractivity contribution is 6.28. The summed E-state index contributed by atoms with van der Waals surface area (Å²) in [5.74, 6) is -8.10. The maximum Gasteiger partial charge on any atom is 0.341 e. The third kappa shape index (κ3) is 3.67. The van der Waals surface area contributed by atoms with Gasteiger partial charge in [-0.05, 0) is 55.9 Å². The number of rotatable bonds is 4. The predicted molar refractivity (Wildman–Crippen MR) is 113 cm³/mol. The van der Waals surface area contributed by atoms with Crippen LogP contribution in [0.5, 0.6) is 0 Å². The molecule has 0 saturated heterocycles. The van der Waals surface area contributed by atoms with Crippen molar-refractivity contribution in [2.24, 2.45) is 29.1 Å². The average Bonchev–Trinajstić information content (AvgIpc) is 3.25. The van der Waals surface area contributed by atoms with Gasteiger partial charge in [0, 0.05) is 0 Å². The Hall–Kier alpha value is -2.97. The predicted octanol–water partition coefficient (Wildman–Crippen LogP) is 1.93. The standard InChI is InChI=1S/C24H30O9/c1-30-20(26)15-13-11-9-7-5-6-8-10-12-14(13)24(23(29)33-4)17(15)16(21(27)31-2)19(25)18(24)22(28)32-3/h5-6,13-15,18H,7-12H2,1-4H3/b6-5-/t13-,14+,15-,18+,24+/m0/s1. The molecule has 0 spiro atoms. The number of carbonyl (C=O) groups excluding carboxylic acids is 5. The molecule has 0 bridgehead atoms. The van der Waals surface area contributed by atoms with Gasteiger partial charge >= 0.3 is 23.9 Å². The van der Waals surface area contributed by atoms with Gasteiger partial charge in [0.1, 0.15) is 16.9 Å². The first-order valence-corrected chi connectivity index (χ1v) is 11.1. The number of ether oxygens (including phenoxy) is 4. The van der Waals surface area contributed by atoms with Crippen LogP contribution in [0.3, 0.4) is 0 Å². The van der Waals surface area contributed by atoms with E-state index in [1.807, 2.05) is 0 Å². The van der Waals surface area contributed by atoms with Crippen molar-refractivity contribution < 1.29 is 42.9 Å². The van der Waals surface area contributed by atoms with Crippen molar-refractivity contribution in [2.45, 2.75) is 38.5 Å². The first-order valence-electron chi connectivity index (χ1n) is 11.1. The van der Waals surface area contributed by atoms with Crippen molar-refractivity contribution in [2.75, 3.05) is 28.4 Å². The van der Waals surface area contributed by atoms with Gasteiger partial charge < -0.3 is 18.9 Å². The molecule has 3 aliphatic carbocycles. The first-order chi connectivity index (χ1) is 15.8. The Labute approximate surface area is 192 Å². The molecule has 0 unspecified atom stereocenters. The molecule has 9 nitrogen and oxygen atoms in total. The Morgan fingerprint density at radius 3 is 2.00 bits per heavy atom. The van der Waals surface area contributed by atoms with E-state index in [0.717, 1.165) is 40.6 Å². The molecule has 0 aromatic rings. The molecule has 3 rings (SSSR count). The van der Waals surface area contributed by atoms with Gasteiger partial charge in [-0.2, -0.15) is 0 Å². The van der Waals surface area contributed by atoms with Gasteiger partial charge in [0.15, 0.2) is 5.78 Å². The summed E-state index contributed by atoms with van der Waals surface area (Å²) in [4.78, 5) is 66.0. The van der Waals surface area contributed by atoms with E-state index in [2.05, 4.69) is 12.2 Å². The molecule has 0 heterocycles. The summed E-state index contributed by atoms with van der Waals surface area (Å²) >= 11 is 0. The van der Waals surface area contributed by atoms with Crippen molar-refractivity contribution >= 4 is 29.7 Å². The average molecular weight is 462 g/mol. The molecule has 1 saturated carbocycles. The summed E-state index contributed by atoms with van der Waals surface area (Å²) in [5.41, 5.74) is -2.31. The van der Waals surface area contributed by atoms with Gasteiger partial charge in [-0.3, -0.25) is 19.2 Å². The zero-order valence-corrected chi connectivity index (χ0v) is 19.4. The Kier molecular flexibility index (Phi) is 7.39. The number of ketones is 1. The fourth-order valence-corrected chi connectivity index (χ4v) is 6.12. The fraction of sp³-hybridized carbons (Fsp3) is 0.625. The largest absolute Gasteiger partial charge is 0.469 e. The summed E-state index contributed by atoms with van der Waals surface area (Å²) in [6.07, 6.45) is 8.02. The number of methoxy groups -OCH3 is 4. The second kappa shape index (κ2) is 9.89. The zero-order chi connectivity index (χ0) is 24.3. The van der Waals surface area contributed by atoms with Gasteiger partial charge in [-0.15, -0.1) is 0 Å². The lowest BCUT2D eigenvalue weighted by molar-refractivity contribution is -0.168. The Morgan fingerprint density at radius 1 is 0.848 bits per heavy atom. The van der Waals surface area contributed by atoms with Crippen molar-refractivity contribution in [1.29, 1.82) is 0 Å². The van der Waals surface area contributed by atoms with Gasteiger partial charge in [0.2, 0.25) is 0 Å². The normalized spacial score (nSPS) is 32.3. The summed E-state index contributed by atoms with van der Waals surface area (Å²) in [6, 6.07) is 0. The SMILES string of the molecule is COC(=O)C1=C2[C@@H](C(=O)OC)[C@H]3CCC/C=C\CCC[C@H]3[C@]2(C(=O)OC)[C@@H](C(=O)OC)C1=O. The Balaban J connectivity index is 2.40. The minimum atomic E-state index is -1.84. The van der Waals surface area contributed by atoms with Crippen molar-refractivity contribution in [3.8, 4) is 0 Å². The molecule has 0 radical (unpaired) electrons. The van der Waals surface area contributed by atoms with E-state index in [-0.39, 0.29) is 5.57 Å². The lowest BCUT2D eigenvalue weighted by Gasteiger charge is -2.36. The van der Waals surface area contributed by atoms with Crippen LogP contribution in [0.1, 0.15) is 38.5 Å². The van der Waals surface area contributed by atoms with Gasteiger partial charge in [-0.1, -0.05) is 12.2 Å². The summed E-state index contributed by atoms with van der Waals surface area (Å²) in [6.45, 7) is 0. The van der Waals surface area contributed by atoms with Gasteiger partial charge in [0.05, 0.1) is 34.4 Å². The van der Waals surface area contributed by atoms with Gasteiger partial charge in [-0.25, -0.2) is 4.79 Å². The number of hydrogen-bond donors (Lipinski definition) is 0. The monoisotopic (exact) mass is 462 g/mol. The molecular formula is C24H30O9. The second-order valence-electron chi connectivity index (χ2n) is 8.57. The lowest BCUT2D eigenvalue weighted by atomic mass is 9.64. The molecule has 9 heteroatoms. The van der Waals surface area contributed by atoms with Crippen LogP contribution in [0.4, 0.5) is 0 Å². The quantitative estimate of drug-likeness (QED) is 0.203. The molecule has 0 aromatic carbocycles. The second-order valence-corrected chi connectivity index (χ2v) is 8.57. The summed E-state index contributed by atoms with van der Waals surface area (Å²) < 4.78 is 20.0. The molecule has 0 aliphatic heterocycles. The van der Waals surface area contributed by atoms with E-state index in [4.69, 9.17) is 18.9 Å². The van der Waals surface area contributed by atoms with Crippen LogP contribution < -0.4 is 0 Å². The molecule has 3 aliphatic rings. The van der Waals surface area contributed by atoms with Crippen LogP contribution in [0.25, 0.3) is 0 Å². The first kappa shape index (κ1) is 24.7. The van der Waals surface area contributed by atoms with E-state index in [1.54, 1.807) is 0 Å². The third-order valence-corrected chi connectivity index (χ3v) is 7.29. The van der Waals surface area contributed by atoms with Crippen LogP contribution in [-0.2, 0) is 42.9 Å². The van der Waals surface area contributed by atoms with Gasteiger partial charge in [0.25, 0.3) is 0 Å². The van der Waals surface area contributed by atoms with Crippen LogP contribution in [0.2, 0.25) is 0 Å². The highest BCUT2D eigenvalue weighted by Gasteiger charge is 2.75. The molecule has 1 fully saturated rings. The van der Waals surface area contributed by atoms with Crippen LogP contribution in [-0.4, -0.2) is 58.1 Å². The highest BCUT2D eigenvalue weighted by atomic mass is 16.5. The molecule has 0 N–H and O–H groups in total. The maximum atomic E-state index is 13.6. The number of Topliss-reactive ketones (excluding diaryl/α,β-unsaturated/α-hetero) is 1. The molecule has 0 aromatic heterocycles. The van der Waals surface area contributed by atoms with E-state index in [1.165, 1.54) is 7.11 Å². The topological polar surface area (TPSA) is 122 Å². The maximum absolute atomic E-state index is 13.6. The number of fused-ring (bicyclic) bond motifs is 3. The molecule has 180 valence electrons. The van der Waals surface area contributed by atoms with E-state index in [9.17, 15) is 24.0 Å². The number of allylic oxidation sites excluding steroid dienone is 2. The Bertz CT molecular complexity index is 915. The van der Waals surface area contributed by atoms with Crippen molar-refractivity contribution in [3.63, 3.8) is 0 Å². The lowest BCUT2D eigenvalue weighted by Crippen LogP contribution is -2.48. The minimum absolute atomic E-state index is 0.0179. The molecule has 0 amide bonds. The fourth-order valence-electron chi connectivity index (χ4n) is 6.12. The molecule has 5 atom stereocenters. The van der Waals surface area contributed by atoms with E-state index < -0.39 is 64.3 Å². The number of esters is 4. The van der Waals surface area contributed by atoms with Crippen LogP contribution in [0.15, 0.2) is 23.3 Å². The smallest absolute Gasteiger partial charge is 0.341 e. The molecule has 33 heavy (non-hydrogen) atoms. The number of hydrogen-bond acceptors (Lipinski definition) is 9. The third-order valence-electron chi connectivity index (χ3n) is 7.29. The van der Waals surface area contributed by atoms with E-state index in [0.29, 0.717) is 19.3 Å². The van der Waals surface area contributed by atoms with Crippen molar-refractivity contribution in [1.82, 2.24) is 0 Å². The summed E-state index contributed by atoms with van der Waals surface area (Å²) in [7, 11) is 4.58. The Morgan fingerprint density at radius 2 is 1.45 bits per heavy atom. The minimum Gasteiger partial charge on any atom is -0.469 e. The van der Waals surface area contributed by atoms with Crippen molar-refractivity contribution in [3.05, 3.63) is 23.3 Å². The summed E-state index contributed by atoms with van der Waals surface area (Å²) in [5, 5.41) is 0. The number of carbonyl (C=O) groups is 5. The zero-order valence-electron chi connectivity index (χ0n) is 19.4. The van der Waals surface area contributed by atoms with Crippen LogP contribution >= 0.6 is 0 Å². The van der Waals surface area contributed by atoms with E-state index >= 15 is 0 Å². The van der Waals surface area contributed by atoms with Crippen LogP contribution in [0, 0.1) is 29.1 Å².